The molecule has 1 aliphatic heterocycles. The van der Waals surface area contributed by atoms with Crippen molar-refractivity contribution < 1.29 is 9.53 Å². The molecule has 0 aliphatic carbocycles. The highest BCUT2D eigenvalue weighted by atomic mass is 35.5. The van der Waals surface area contributed by atoms with E-state index in [2.05, 4.69) is 20.3 Å². The third kappa shape index (κ3) is 4.68. The number of hydrogen-bond acceptors (Lipinski definition) is 7. The van der Waals surface area contributed by atoms with E-state index < -0.39 is 0 Å². The first-order valence-corrected chi connectivity index (χ1v) is 7.12. The third-order valence-electron chi connectivity index (χ3n) is 3.01. The van der Waals surface area contributed by atoms with Gasteiger partial charge in [-0.1, -0.05) is 0 Å². The van der Waals surface area contributed by atoms with Gasteiger partial charge in [-0.3, -0.25) is 4.79 Å². The lowest BCUT2D eigenvalue weighted by atomic mass is 10.4. The molecular weight excluding hydrogens is 296 g/mol. The van der Waals surface area contributed by atoms with Crippen LogP contribution in [-0.2, 0) is 9.53 Å². The van der Waals surface area contributed by atoms with Gasteiger partial charge in [0.2, 0.25) is 23.1 Å². The van der Waals surface area contributed by atoms with Crippen LogP contribution >= 0.6 is 11.6 Å². The summed E-state index contributed by atoms with van der Waals surface area (Å²) < 4.78 is 5.29. The molecule has 0 atom stereocenters. The molecule has 21 heavy (non-hydrogen) atoms. The Hall–Kier alpha value is -1.67. The van der Waals surface area contributed by atoms with Gasteiger partial charge in [-0.05, 0) is 11.6 Å². The molecular formula is C12H19ClN6O2. The highest BCUT2D eigenvalue weighted by Gasteiger charge is 2.16. The molecule has 0 bridgehead atoms. The molecule has 2 heterocycles. The van der Waals surface area contributed by atoms with Crippen molar-refractivity contribution in [3.8, 4) is 0 Å². The van der Waals surface area contributed by atoms with Crippen molar-refractivity contribution in [1.29, 1.82) is 0 Å². The fraction of sp³-hybridized carbons (Fsp3) is 0.667. The normalized spacial score (nSPS) is 14.9. The highest BCUT2D eigenvalue weighted by Crippen LogP contribution is 2.15. The Kier molecular flexibility index (Phi) is 5.51. The average molecular weight is 315 g/mol. The van der Waals surface area contributed by atoms with Gasteiger partial charge in [0.05, 0.1) is 13.2 Å². The maximum atomic E-state index is 11.5. The molecule has 9 heteroatoms. The Labute approximate surface area is 128 Å². The van der Waals surface area contributed by atoms with Gasteiger partial charge in [-0.15, -0.1) is 0 Å². The molecule has 8 nitrogen and oxygen atoms in total. The standard InChI is InChI=1S/C12H19ClN6O2/c1-18(2)9(20)3-4-14-11-15-10(13)16-12(17-11)19-5-7-21-8-6-19/h3-8H2,1-2H3,(H,14,15,16,17). The molecule has 0 radical (unpaired) electrons. The van der Waals surface area contributed by atoms with Crippen LogP contribution in [0.1, 0.15) is 6.42 Å². The number of carbonyl (C=O) groups excluding carboxylic acids is 1. The zero-order valence-corrected chi connectivity index (χ0v) is 12.9. The minimum atomic E-state index is 0.0380. The van der Waals surface area contributed by atoms with Gasteiger partial charge < -0.3 is 19.9 Å². The molecule has 1 aromatic rings. The molecule has 2 rings (SSSR count). The minimum absolute atomic E-state index is 0.0380. The van der Waals surface area contributed by atoms with Crippen LogP contribution in [0.15, 0.2) is 0 Å². The topological polar surface area (TPSA) is 83.5 Å². The summed E-state index contributed by atoms with van der Waals surface area (Å²) in [6, 6.07) is 0. The second-order valence-corrected chi connectivity index (χ2v) is 5.13. The SMILES string of the molecule is CN(C)C(=O)CCNc1nc(Cl)nc(N2CCOCC2)n1. The maximum Gasteiger partial charge on any atom is 0.231 e. The number of aromatic nitrogens is 3. The first kappa shape index (κ1) is 15.7. The number of carbonyl (C=O) groups is 1. The van der Waals surface area contributed by atoms with E-state index >= 15 is 0 Å². The fourth-order valence-corrected chi connectivity index (χ4v) is 1.98. The van der Waals surface area contributed by atoms with Crippen molar-refractivity contribution >= 4 is 29.4 Å². The number of rotatable bonds is 5. The largest absolute Gasteiger partial charge is 0.378 e. The molecule has 1 N–H and O–H groups in total. The van der Waals surface area contributed by atoms with Gasteiger partial charge in [-0.25, -0.2) is 0 Å². The van der Waals surface area contributed by atoms with Crippen molar-refractivity contribution in [3.63, 3.8) is 0 Å². The van der Waals surface area contributed by atoms with Crippen molar-refractivity contribution in [2.45, 2.75) is 6.42 Å². The number of nitrogens with one attached hydrogen (secondary N) is 1. The fourth-order valence-electron chi connectivity index (χ4n) is 1.83. The second kappa shape index (κ2) is 7.37. The van der Waals surface area contributed by atoms with E-state index in [1.807, 2.05) is 4.90 Å². The number of amides is 1. The summed E-state index contributed by atoms with van der Waals surface area (Å²) in [6.45, 7) is 3.17. The van der Waals surface area contributed by atoms with Crippen LogP contribution in [0.2, 0.25) is 5.28 Å². The quantitative estimate of drug-likeness (QED) is 0.834. The molecule has 0 aromatic carbocycles. The van der Waals surface area contributed by atoms with Crippen LogP contribution in [-0.4, -0.2) is 72.7 Å². The molecule has 1 aromatic heterocycles. The smallest absolute Gasteiger partial charge is 0.231 e. The van der Waals surface area contributed by atoms with Gasteiger partial charge in [0.25, 0.3) is 0 Å². The van der Waals surface area contributed by atoms with E-state index in [-0.39, 0.29) is 11.2 Å². The molecule has 1 fully saturated rings. The Morgan fingerprint density at radius 2 is 2.05 bits per heavy atom. The van der Waals surface area contributed by atoms with E-state index in [4.69, 9.17) is 16.3 Å². The molecule has 0 unspecified atom stereocenters. The number of hydrogen-bond donors (Lipinski definition) is 1. The monoisotopic (exact) mass is 314 g/mol. The molecule has 1 saturated heterocycles. The number of nitrogens with zero attached hydrogens (tertiary/aromatic N) is 5. The summed E-state index contributed by atoms with van der Waals surface area (Å²) in [6.07, 6.45) is 0.364. The second-order valence-electron chi connectivity index (χ2n) is 4.79. The van der Waals surface area contributed by atoms with Gasteiger partial charge in [0.1, 0.15) is 0 Å². The molecule has 1 aliphatic rings. The zero-order chi connectivity index (χ0) is 15.2. The molecule has 1 amide bonds. The average Bonchev–Trinajstić information content (AvgIpc) is 2.47. The van der Waals surface area contributed by atoms with E-state index in [0.717, 1.165) is 13.1 Å². The van der Waals surface area contributed by atoms with E-state index in [1.165, 1.54) is 0 Å². The molecule has 0 saturated carbocycles. The molecule has 116 valence electrons. The number of halogens is 1. The van der Waals surface area contributed by atoms with Crippen LogP contribution in [0.25, 0.3) is 0 Å². The lowest BCUT2D eigenvalue weighted by molar-refractivity contribution is -0.128. The summed E-state index contributed by atoms with van der Waals surface area (Å²) in [5, 5.41) is 3.13. The van der Waals surface area contributed by atoms with E-state index in [9.17, 15) is 4.79 Å². The lowest BCUT2D eigenvalue weighted by Crippen LogP contribution is -2.37. The van der Waals surface area contributed by atoms with Crippen molar-refractivity contribution in [1.82, 2.24) is 19.9 Å². The summed E-state index contributed by atoms with van der Waals surface area (Å²) in [5.74, 6) is 0.943. The first-order chi connectivity index (χ1) is 10.1. The van der Waals surface area contributed by atoms with Gasteiger partial charge in [0, 0.05) is 40.2 Å². The van der Waals surface area contributed by atoms with Crippen LogP contribution in [0.5, 0.6) is 0 Å². The summed E-state index contributed by atoms with van der Waals surface area (Å²) in [4.78, 5) is 27.5. The molecule has 0 spiro atoms. The predicted octanol–water partition coefficient (Wildman–Crippen LogP) is 0.252. The van der Waals surface area contributed by atoms with Gasteiger partial charge in [-0.2, -0.15) is 15.0 Å². The lowest BCUT2D eigenvalue weighted by Gasteiger charge is -2.26. The Balaban J connectivity index is 1.96. The highest BCUT2D eigenvalue weighted by molar-refractivity contribution is 6.28. The zero-order valence-electron chi connectivity index (χ0n) is 12.2. The van der Waals surface area contributed by atoms with Crippen molar-refractivity contribution in [2.24, 2.45) is 0 Å². The summed E-state index contributed by atoms with van der Waals surface area (Å²) >= 11 is 5.93. The van der Waals surface area contributed by atoms with E-state index in [0.29, 0.717) is 38.1 Å². The van der Waals surface area contributed by atoms with Gasteiger partial charge in [0.15, 0.2) is 0 Å². The van der Waals surface area contributed by atoms with Crippen LogP contribution < -0.4 is 10.2 Å². The van der Waals surface area contributed by atoms with Gasteiger partial charge >= 0.3 is 0 Å². The number of morpholine rings is 1. The minimum Gasteiger partial charge on any atom is -0.378 e. The predicted molar refractivity (Wildman–Crippen MR) is 79.7 cm³/mol. The number of ether oxygens (including phenoxy) is 1. The van der Waals surface area contributed by atoms with Crippen molar-refractivity contribution in [3.05, 3.63) is 5.28 Å². The summed E-state index contributed by atoms with van der Waals surface area (Å²) in [5.41, 5.74) is 0. The van der Waals surface area contributed by atoms with E-state index in [1.54, 1.807) is 19.0 Å². The first-order valence-electron chi connectivity index (χ1n) is 6.74. The number of anilines is 2. The van der Waals surface area contributed by atoms with Crippen molar-refractivity contribution in [2.75, 3.05) is 57.2 Å². The Bertz CT molecular complexity index is 493. The van der Waals surface area contributed by atoms with Crippen LogP contribution in [0.3, 0.4) is 0 Å². The van der Waals surface area contributed by atoms with Crippen LogP contribution in [0, 0.1) is 0 Å². The Morgan fingerprint density at radius 1 is 1.33 bits per heavy atom. The Morgan fingerprint density at radius 3 is 2.71 bits per heavy atom. The maximum absolute atomic E-state index is 11.5. The third-order valence-corrected chi connectivity index (χ3v) is 3.18. The van der Waals surface area contributed by atoms with Crippen LogP contribution in [0.4, 0.5) is 11.9 Å². The summed E-state index contributed by atoms with van der Waals surface area (Å²) in [7, 11) is 3.44.